The highest BCUT2D eigenvalue weighted by atomic mass is 35.5. The van der Waals surface area contributed by atoms with Crippen LogP contribution in [0.3, 0.4) is 0 Å². The summed E-state index contributed by atoms with van der Waals surface area (Å²) in [6.07, 6.45) is 3.50. The average Bonchev–Trinajstić information content (AvgIpc) is 2.79. The van der Waals surface area contributed by atoms with Gasteiger partial charge in [0, 0.05) is 10.5 Å². The molecule has 6 nitrogen and oxygen atoms in total. The van der Waals surface area contributed by atoms with Gasteiger partial charge in [-0.15, -0.1) is 11.8 Å². The highest BCUT2D eigenvalue weighted by molar-refractivity contribution is 7.98. The number of hydrogen-bond donors (Lipinski definition) is 2. The van der Waals surface area contributed by atoms with Crippen molar-refractivity contribution in [1.82, 2.24) is 9.55 Å². The van der Waals surface area contributed by atoms with Gasteiger partial charge >= 0.3 is 0 Å². The maximum atomic E-state index is 13.2. The zero-order chi connectivity index (χ0) is 22.8. The number of amides is 1. The summed E-state index contributed by atoms with van der Waals surface area (Å²) >= 11 is 13.5. The number of carbonyl (C=O) groups excluding carboxylic acids is 1. The van der Waals surface area contributed by atoms with E-state index in [0.29, 0.717) is 23.1 Å². The molecule has 0 unspecified atom stereocenters. The molecule has 0 aliphatic carbocycles. The lowest BCUT2D eigenvalue weighted by Crippen LogP contribution is -2.23. The Morgan fingerprint density at radius 1 is 1.12 bits per heavy atom. The minimum absolute atomic E-state index is 0.0444. The first-order valence-corrected chi connectivity index (χ1v) is 11.5. The van der Waals surface area contributed by atoms with Crippen molar-refractivity contribution >= 4 is 57.5 Å². The van der Waals surface area contributed by atoms with E-state index in [9.17, 15) is 14.7 Å². The molecule has 2 N–H and O–H groups in total. The summed E-state index contributed by atoms with van der Waals surface area (Å²) < 4.78 is 1.50. The Morgan fingerprint density at radius 3 is 2.47 bits per heavy atom. The fourth-order valence-corrected chi connectivity index (χ4v) is 4.13. The molecule has 0 bridgehead atoms. The highest BCUT2D eigenvalue weighted by Gasteiger charge is 2.16. The maximum Gasteiger partial charge on any atom is 0.263 e. The standard InChI is InChI=1S/C23H17Cl2N3O3S/c1-32-15-7-5-13(6-8-15)11-28-12-26-18-3-2-4-19(20(18)23(28)31)27-22(30)14-9-16(24)21(29)17(25)10-14/h2-10,12,29H,11H2,1H3,(H,27,30). The molecule has 0 saturated carbocycles. The van der Waals surface area contributed by atoms with E-state index >= 15 is 0 Å². The Balaban J connectivity index is 1.70. The van der Waals surface area contributed by atoms with Crippen LogP contribution < -0.4 is 10.9 Å². The second-order valence-corrected chi connectivity index (χ2v) is 8.66. The van der Waals surface area contributed by atoms with Crippen LogP contribution in [-0.2, 0) is 6.54 Å². The predicted molar refractivity (Wildman–Crippen MR) is 129 cm³/mol. The molecule has 1 heterocycles. The zero-order valence-corrected chi connectivity index (χ0v) is 19.1. The fourth-order valence-electron chi connectivity index (χ4n) is 3.24. The third kappa shape index (κ3) is 4.46. The number of aromatic nitrogens is 2. The third-order valence-corrected chi connectivity index (χ3v) is 6.21. The van der Waals surface area contributed by atoms with Gasteiger partial charge in [0.15, 0.2) is 5.75 Å². The number of phenols is 1. The predicted octanol–water partition coefficient (Wildman–Crippen LogP) is 5.43. The maximum absolute atomic E-state index is 13.2. The third-order valence-electron chi connectivity index (χ3n) is 4.89. The molecule has 4 rings (SSSR count). The number of nitrogens with zero attached hydrogens (tertiary/aromatic N) is 2. The minimum atomic E-state index is -0.524. The Morgan fingerprint density at radius 2 is 1.81 bits per heavy atom. The van der Waals surface area contributed by atoms with Crippen molar-refractivity contribution in [3.05, 3.63) is 92.5 Å². The van der Waals surface area contributed by atoms with Gasteiger partial charge in [-0.25, -0.2) is 4.98 Å². The molecule has 0 aliphatic rings. The zero-order valence-electron chi connectivity index (χ0n) is 16.8. The Bertz CT molecular complexity index is 1360. The van der Waals surface area contributed by atoms with Crippen LogP contribution in [0, 0.1) is 0 Å². The van der Waals surface area contributed by atoms with Gasteiger partial charge in [-0.3, -0.25) is 14.2 Å². The molecule has 1 aromatic heterocycles. The van der Waals surface area contributed by atoms with E-state index in [1.54, 1.807) is 30.0 Å². The van der Waals surface area contributed by atoms with Crippen LogP contribution in [0.25, 0.3) is 10.9 Å². The number of carbonyl (C=O) groups is 1. The van der Waals surface area contributed by atoms with Crippen molar-refractivity contribution in [2.75, 3.05) is 11.6 Å². The molecule has 0 spiro atoms. The van der Waals surface area contributed by atoms with E-state index in [2.05, 4.69) is 10.3 Å². The number of anilines is 1. The van der Waals surface area contributed by atoms with E-state index in [1.807, 2.05) is 30.5 Å². The van der Waals surface area contributed by atoms with Crippen LogP contribution in [0.1, 0.15) is 15.9 Å². The van der Waals surface area contributed by atoms with Crippen LogP contribution in [0.5, 0.6) is 5.75 Å². The monoisotopic (exact) mass is 485 g/mol. The van der Waals surface area contributed by atoms with Crippen LogP contribution in [-0.4, -0.2) is 26.8 Å². The van der Waals surface area contributed by atoms with Gasteiger partial charge in [0.25, 0.3) is 11.5 Å². The van der Waals surface area contributed by atoms with Gasteiger partial charge in [0.2, 0.25) is 0 Å². The number of fused-ring (bicyclic) bond motifs is 1. The summed E-state index contributed by atoms with van der Waals surface area (Å²) in [5, 5.41) is 12.6. The van der Waals surface area contributed by atoms with Gasteiger partial charge in [0.05, 0.1) is 39.5 Å². The number of benzene rings is 3. The number of halogens is 2. The second kappa shape index (κ2) is 9.24. The SMILES string of the molecule is CSc1ccc(Cn2cnc3cccc(NC(=O)c4cc(Cl)c(O)c(Cl)c4)c3c2=O)cc1. The lowest BCUT2D eigenvalue weighted by atomic mass is 10.1. The number of rotatable bonds is 5. The quantitative estimate of drug-likeness (QED) is 0.368. The molecule has 162 valence electrons. The highest BCUT2D eigenvalue weighted by Crippen LogP contribution is 2.33. The number of hydrogen-bond acceptors (Lipinski definition) is 5. The van der Waals surface area contributed by atoms with E-state index in [-0.39, 0.29) is 26.9 Å². The first-order chi connectivity index (χ1) is 15.4. The number of thioether (sulfide) groups is 1. The van der Waals surface area contributed by atoms with E-state index < -0.39 is 5.91 Å². The molecular formula is C23H17Cl2N3O3S. The Labute approximate surface area is 197 Å². The molecule has 0 radical (unpaired) electrons. The average molecular weight is 486 g/mol. The van der Waals surface area contributed by atoms with Gasteiger partial charge in [-0.05, 0) is 48.2 Å². The smallest absolute Gasteiger partial charge is 0.263 e. The van der Waals surface area contributed by atoms with E-state index in [1.165, 1.54) is 23.0 Å². The van der Waals surface area contributed by atoms with Crippen molar-refractivity contribution in [3.8, 4) is 5.75 Å². The normalized spacial score (nSPS) is 11.0. The lowest BCUT2D eigenvalue weighted by Gasteiger charge is -2.12. The minimum Gasteiger partial charge on any atom is -0.505 e. The number of aromatic hydroxyl groups is 1. The first-order valence-electron chi connectivity index (χ1n) is 9.48. The summed E-state index contributed by atoms with van der Waals surface area (Å²) in [6, 6.07) is 15.6. The van der Waals surface area contributed by atoms with Crippen LogP contribution >= 0.6 is 35.0 Å². The van der Waals surface area contributed by atoms with Crippen LogP contribution in [0.2, 0.25) is 10.0 Å². The first kappa shape index (κ1) is 22.2. The molecular weight excluding hydrogens is 469 g/mol. The largest absolute Gasteiger partial charge is 0.505 e. The van der Waals surface area contributed by atoms with Gasteiger partial charge in [0.1, 0.15) is 0 Å². The fraction of sp³-hybridized carbons (Fsp3) is 0.0870. The van der Waals surface area contributed by atoms with E-state index in [4.69, 9.17) is 23.2 Å². The second-order valence-electron chi connectivity index (χ2n) is 6.97. The number of phenolic OH excluding ortho intramolecular Hbond substituents is 1. The van der Waals surface area contributed by atoms with Crippen molar-refractivity contribution in [2.45, 2.75) is 11.4 Å². The molecule has 1 amide bonds. The topological polar surface area (TPSA) is 84.2 Å². The van der Waals surface area contributed by atoms with Gasteiger partial charge in [-0.1, -0.05) is 41.4 Å². The van der Waals surface area contributed by atoms with E-state index in [0.717, 1.165) is 10.5 Å². The van der Waals surface area contributed by atoms with Crippen molar-refractivity contribution < 1.29 is 9.90 Å². The summed E-state index contributed by atoms with van der Waals surface area (Å²) in [4.78, 5) is 31.5. The molecule has 0 fully saturated rings. The summed E-state index contributed by atoms with van der Waals surface area (Å²) in [5.74, 6) is -0.823. The van der Waals surface area contributed by atoms with Crippen molar-refractivity contribution in [2.24, 2.45) is 0 Å². The molecule has 0 saturated heterocycles. The molecule has 32 heavy (non-hydrogen) atoms. The van der Waals surface area contributed by atoms with Crippen molar-refractivity contribution in [1.29, 1.82) is 0 Å². The Kier molecular flexibility index (Phi) is 6.41. The lowest BCUT2D eigenvalue weighted by molar-refractivity contribution is 0.102. The molecule has 3 aromatic carbocycles. The Hall–Kier alpha value is -3.00. The molecule has 0 atom stereocenters. The summed E-state index contributed by atoms with van der Waals surface area (Å²) in [7, 11) is 0. The van der Waals surface area contributed by atoms with Gasteiger partial charge in [-0.2, -0.15) is 0 Å². The number of nitrogens with one attached hydrogen (secondary N) is 1. The summed E-state index contributed by atoms with van der Waals surface area (Å²) in [6.45, 7) is 0.349. The van der Waals surface area contributed by atoms with Gasteiger partial charge < -0.3 is 10.4 Å². The molecule has 4 aromatic rings. The molecule has 0 aliphatic heterocycles. The van der Waals surface area contributed by atoms with Crippen LogP contribution in [0.4, 0.5) is 5.69 Å². The van der Waals surface area contributed by atoms with Crippen LogP contribution in [0.15, 0.2) is 70.6 Å². The molecule has 9 heteroatoms. The van der Waals surface area contributed by atoms with Crippen molar-refractivity contribution in [3.63, 3.8) is 0 Å². The summed E-state index contributed by atoms with van der Waals surface area (Å²) in [5.41, 5.74) is 1.61.